The van der Waals surface area contributed by atoms with Crippen molar-refractivity contribution in [2.24, 2.45) is 7.05 Å². The predicted molar refractivity (Wildman–Crippen MR) is 68.7 cm³/mol. The zero-order valence-corrected chi connectivity index (χ0v) is 10.6. The number of nitrogens with one attached hydrogen (secondary N) is 1. The van der Waals surface area contributed by atoms with E-state index >= 15 is 0 Å². The molecule has 0 saturated carbocycles. The minimum absolute atomic E-state index is 0.183. The second kappa shape index (κ2) is 4.52. The molecule has 2 aromatic rings. The molecule has 0 atom stereocenters. The number of aromatic nitrogens is 2. The highest BCUT2D eigenvalue weighted by Crippen LogP contribution is 2.21. The molecule has 5 heteroatoms. The van der Waals surface area contributed by atoms with Gasteiger partial charge in [-0.25, -0.2) is 0 Å². The lowest BCUT2D eigenvalue weighted by Crippen LogP contribution is -2.13. The van der Waals surface area contributed by atoms with Crippen LogP contribution in [0.15, 0.2) is 24.4 Å². The second-order valence-corrected chi connectivity index (χ2v) is 4.26. The molecule has 0 fully saturated rings. The van der Waals surface area contributed by atoms with E-state index < -0.39 is 0 Å². The van der Waals surface area contributed by atoms with E-state index in [1.807, 2.05) is 6.92 Å². The zero-order chi connectivity index (χ0) is 13.3. The van der Waals surface area contributed by atoms with Crippen molar-refractivity contribution in [1.29, 1.82) is 0 Å². The fraction of sp³-hybridized carbons (Fsp3) is 0.231. The van der Waals surface area contributed by atoms with Crippen LogP contribution in [0.1, 0.15) is 21.6 Å². The van der Waals surface area contributed by atoms with Gasteiger partial charge in [-0.1, -0.05) is 0 Å². The maximum absolute atomic E-state index is 12.1. The summed E-state index contributed by atoms with van der Waals surface area (Å²) in [5.41, 5.74) is 2.72. The second-order valence-electron chi connectivity index (χ2n) is 4.26. The van der Waals surface area contributed by atoms with E-state index in [9.17, 15) is 9.90 Å². The van der Waals surface area contributed by atoms with E-state index in [2.05, 4.69) is 10.4 Å². The number of hydrogen-bond acceptors (Lipinski definition) is 3. The van der Waals surface area contributed by atoms with Crippen LogP contribution in [0.4, 0.5) is 5.69 Å². The first-order valence-corrected chi connectivity index (χ1v) is 5.58. The van der Waals surface area contributed by atoms with E-state index in [-0.39, 0.29) is 11.7 Å². The van der Waals surface area contributed by atoms with Gasteiger partial charge in [-0.2, -0.15) is 5.10 Å². The maximum atomic E-state index is 12.1. The average molecular weight is 245 g/mol. The maximum Gasteiger partial charge on any atom is 0.259 e. The number of aryl methyl sites for hydroxylation is 3. The van der Waals surface area contributed by atoms with E-state index in [1.165, 1.54) is 0 Å². The van der Waals surface area contributed by atoms with Crippen LogP contribution in [0, 0.1) is 13.8 Å². The number of anilines is 1. The molecule has 0 radical (unpaired) electrons. The van der Waals surface area contributed by atoms with Crippen LogP contribution in [0.3, 0.4) is 0 Å². The highest BCUT2D eigenvalue weighted by atomic mass is 16.3. The number of carbonyl (C=O) groups is 1. The molecule has 0 unspecified atom stereocenters. The van der Waals surface area contributed by atoms with Crippen molar-refractivity contribution in [3.63, 3.8) is 0 Å². The molecule has 1 heterocycles. The highest BCUT2D eigenvalue weighted by Gasteiger charge is 2.13. The fourth-order valence-corrected chi connectivity index (χ4v) is 1.80. The van der Waals surface area contributed by atoms with Gasteiger partial charge in [-0.05, 0) is 37.6 Å². The summed E-state index contributed by atoms with van der Waals surface area (Å²) in [5.74, 6) is -0.0163. The third-order valence-electron chi connectivity index (χ3n) is 2.72. The van der Waals surface area contributed by atoms with Crippen LogP contribution >= 0.6 is 0 Å². The quantitative estimate of drug-likeness (QED) is 0.795. The molecule has 0 bridgehead atoms. The summed E-state index contributed by atoms with van der Waals surface area (Å²) in [7, 11) is 1.77. The third kappa shape index (κ3) is 2.34. The van der Waals surface area contributed by atoms with Gasteiger partial charge in [0.25, 0.3) is 5.91 Å². The van der Waals surface area contributed by atoms with Crippen molar-refractivity contribution < 1.29 is 9.90 Å². The van der Waals surface area contributed by atoms with Gasteiger partial charge in [0.15, 0.2) is 0 Å². The molecule has 94 valence electrons. The Morgan fingerprint density at radius 1 is 1.39 bits per heavy atom. The number of amides is 1. The Morgan fingerprint density at radius 2 is 2.11 bits per heavy atom. The number of rotatable bonds is 2. The van der Waals surface area contributed by atoms with Crippen LogP contribution in [-0.2, 0) is 7.05 Å². The third-order valence-corrected chi connectivity index (χ3v) is 2.72. The lowest BCUT2D eigenvalue weighted by molar-refractivity contribution is 0.102. The summed E-state index contributed by atoms with van der Waals surface area (Å²) in [6.07, 6.45) is 1.68. The van der Waals surface area contributed by atoms with Crippen molar-refractivity contribution >= 4 is 11.6 Å². The molecule has 1 aromatic heterocycles. The number of aromatic hydroxyl groups is 1. The van der Waals surface area contributed by atoms with Gasteiger partial charge in [0.1, 0.15) is 5.75 Å². The first kappa shape index (κ1) is 12.2. The number of carbonyl (C=O) groups excluding carboxylic acids is 1. The van der Waals surface area contributed by atoms with E-state index in [1.54, 1.807) is 43.0 Å². The fourth-order valence-electron chi connectivity index (χ4n) is 1.80. The van der Waals surface area contributed by atoms with E-state index in [0.29, 0.717) is 16.9 Å². The standard InChI is InChI=1S/C13H15N3O2/c1-8-6-10(17)4-5-12(8)14-13(18)11-7-16(3)15-9(11)2/h4-7,17H,1-3H3,(H,14,18). The molecular weight excluding hydrogens is 230 g/mol. The molecule has 0 aliphatic carbocycles. The molecule has 0 aliphatic heterocycles. The van der Waals surface area contributed by atoms with Crippen LogP contribution in [0.2, 0.25) is 0 Å². The normalized spacial score (nSPS) is 10.4. The van der Waals surface area contributed by atoms with Crippen LogP contribution in [0.25, 0.3) is 0 Å². The summed E-state index contributed by atoms with van der Waals surface area (Å²) in [6, 6.07) is 4.82. The number of phenolic OH excluding ortho intramolecular Hbond substituents is 1. The minimum Gasteiger partial charge on any atom is -0.508 e. The largest absolute Gasteiger partial charge is 0.508 e. The molecule has 0 saturated heterocycles. The number of nitrogens with zero attached hydrogens (tertiary/aromatic N) is 2. The molecule has 18 heavy (non-hydrogen) atoms. The Balaban J connectivity index is 2.24. The molecule has 0 aliphatic rings. The SMILES string of the molecule is Cc1cc(O)ccc1NC(=O)c1cn(C)nc1C. The van der Waals surface area contributed by atoms with Crippen LogP contribution in [0.5, 0.6) is 5.75 Å². The van der Waals surface area contributed by atoms with E-state index in [4.69, 9.17) is 0 Å². The van der Waals surface area contributed by atoms with Crippen LogP contribution < -0.4 is 5.32 Å². The van der Waals surface area contributed by atoms with Crippen molar-refractivity contribution in [3.8, 4) is 5.75 Å². The number of phenols is 1. The smallest absolute Gasteiger partial charge is 0.259 e. The Hall–Kier alpha value is -2.30. The van der Waals surface area contributed by atoms with E-state index in [0.717, 1.165) is 5.56 Å². The molecule has 1 amide bonds. The van der Waals surface area contributed by atoms with Crippen molar-refractivity contribution in [1.82, 2.24) is 9.78 Å². The Labute approximate surface area is 105 Å². The molecule has 1 aromatic carbocycles. The molecule has 0 spiro atoms. The van der Waals surface area contributed by atoms with Crippen molar-refractivity contribution in [2.75, 3.05) is 5.32 Å². The van der Waals surface area contributed by atoms with Gasteiger partial charge in [-0.15, -0.1) is 0 Å². The summed E-state index contributed by atoms with van der Waals surface area (Å²) in [5, 5.41) is 16.2. The van der Waals surface area contributed by atoms with Gasteiger partial charge < -0.3 is 10.4 Å². The van der Waals surface area contributed by atoms with Gasteiger partial charge in [0, 0.05) is 18.9 Å². The first-order valence-electron chi connectivity index (χ1n) is 5.58. The topological polar surface area (TPSA) is 67.2 Å². The Kier molecular flexibility index (Phi) is 3.06. The zero-order valence-electron chi connectivity index (χ0n) is 10.6. The molecule has 2 rings (SSSR count). The number of hydrogen-bond donors (Lipinski definition) is 2. The van der Waals surface area contributed by atoms with Gasteiger partial charge in [-0.3, -0.25) is 9.48 Å². The average Bonchev–Trinajstić information content (AvgIpc) is 2.62. The first-order chi connectivity index (χ1) is 8.47. The summed E-state index contributed by atoms with van der Waals surface area (Å²) < 4.78 is 1.61. The monoisotopic (exact) mass is 245 g/mol. The minimum atomic E-state index is -0.200. The molecular formula is C13H15N3O2. The van der Waals surface area contributed by atoms with Crippen molar-refractivity contribution in [3.05, 3.63) is 41.2 Å². The lowest BCUT2D eigenvalue weighted by Gasteiger charge is -2.07. The molecule has 2 N–H and O–H groups in total. The Morgan fingerprint density at radius 3 is 2.67 bits per heavy atom. The van der Waals surface area contributed by atoms with Gasteiger partial charge in [0.05, 0.1) is 11.3 Å². The lowest BCUT2D eigenvalue weighted by atomic mass is 10.1. The summed E-state index contributed by atoms with van der Waals surface area (Å²) in [4.78, 5) is 12.1. The Bertz CT molecular complexity index is 602. The molecule has 5 nitrogen and oxygen atoms in total. The summed E-state index contributed by atoms with van der Waals surface area (Å²) in [6.45, 7) is 3.62. The van der Waals surface area contributed by atoms with Crippen molar-refractivity contribution in [2.45, 2.75) is 13.8 Å². The van der Waals surface area contributed by atoms with Gasteiger partial charge >= 0.3 is 0 Å². The predicted octanol–water partition coefficient (Wildman–Crippen LogP) is 1.99. The number of benzene rings is 1. The van der Waals surface area contributed by atoms with Gasteiger partial charge in [0.2, 0.25) is 0 Å². The van der Waals surface area contributed by atoms with Crippen LogP contribution in [-0.4, -0.2) is 20.8 Å². The summed E-state index contributed by atoms with van der Waals surface area (Å²) >= 11 is 0. The highest BCUT2D eigenvalue weighted by molar-refractivity contribution is 6.05.